The number of halogens is 1. The van der Waals surface area contributed by atoms with Crippen LogP contribution in [-0.2, 0) is 4.74 Å². The van der Waals surface area contributed by atoms with E-state index in [0.29, 0.717) is 22.6 Å². The van der Waals surface area contributed by atoms with Crippen molar-refractivity contribution in [1.82, 2.24) is 4.98 Å². The summed E-state index contributed by atoms with van der Waals surface area (Å²) in [6, 6.07) is 20.3. The minimum absolute atomic E-state index is 0.0331. The number of ether oxygens (including phenoxy) is 1. The van der Waals surface area contributed by atoms with E-state index in [4.69, 9.17) is 26.5 Å². The van der Waals surface area contributed by atoms with Crippen molar-refractivity contribution < 1.29 is 28.6 Å². The number of anilines is 1. The van der Waals surface area contributed by atoms with E-state index in [0.717, 1.165) is 16.0 Å². The molecular weight excluding hydrogens is 510 g/mol. The minimum atomic E-state index is -1.31. The van der Waals surface area contributed by atoms with E-state index >= 15 is 0 Å². The van der Waals surface area contributed by atoms with E-state index < -0.39 is 18.2 Å². The van der Waals surface area contributed by atoms with Crippen molar-refractivity contribution in [1.29, 1.82) is 0 Å². The summed E-state index contributed by atoms with van der Waals surface area (Å²) in [5.74, 6) is 0.521. The van der Waals surface area contributed by atoms with Crippen LogP contribution in [0.1, 0.15) is 35.1 Å². The second-order valence-corrected chi connectivity index (χ2v) is 8.74. The summed E-state index contributed by atoms with van der Waals surface area (Å²) in [6.45, 7) is -0.0331. The lowest BCUT2D eigenvalue weighted by Crippen LogP contribution is -2.35. The predicted octanol–water partition coefficient (Wildman–Crippen LogP) is 6.58. The van der Waals surface area contributed by atoms with Crippen molar-refractivity contribution in [3.05, 3.63) is 95.5 Å². The Kier molecular flexibility index (Phi) is 8.40. The molecule has 0 aliphatic carbocycles. The quantitative estimate of drug-likeness (QED) is 0.173. The standard InChI is InChI=1S/C28H24ClN3O6/c29-22-12-10-19(11-13-22)25-16-31-26(38-25)23(7-4-14-37-27(30)34)32(28(35)36)24-15-20(8-9-21(24)17-33)18-5-2-1-3-6-18/h1-3,5-6,8-13,15-17,23H,4,7,14H2,(H2,30,34)(H,35,36)/t23-/m0/s1. The lowest BCUT2D eigenvalue weighted by atomic mass is 10.0. The summed E-state index contributed by atoms with van der Waals surface area (Å²) in [4.78, 5) is 41.1. The second kappa shape index (κ2) is 12.1. The average Bonchev–Trinajstić information content (AvgIpc) is 3.41. The number of hydrogen-bond donors (Lipinski definition) is 2. The number of benzene rings is 3. The van der Waals surface area contributed by atoms with Crippen LogP contribution in [0.2, 0.25) is 5.02 Å². The molecule has 1 heterocycles. The molecule has 0 fully saturated rings. The van der Waals surface area contributed by atoms with E-state index in [1.807, 2.05) is 30.3 Å². The molecule has 0 saturated carbocycles. The number of hydrogen-bond acceptors (Lipinski definition) is 6. The Balaban J connectivity index is 1.77. The van der Waals surface area contributed by atoms with Gasteiger partial charge in [-0.05, 0) is 60.4 Å². The average molecular weight is 534 g/mol. The molecule has 0 saturated heterocycles. The van der Waals surface area contributed by atoms with Gasteiger partial charge < -0.3 is 20.0 Å². The third-order valence-electron chi connectivity index (χ3n) is 5.85. The Hall–Kier alpha value is -4.63. The second-order valence-electron chi connectivity index (χ2n) is 8.31. The van der Waals surface area contributed by atoms with Gasteiger partial charge in [-0.2, -0.15) is 0 Å². The molecule has 3 N–H and O–H groups in total. The Morgan fingerprint density at radius 2 is 1.76 bits per heavy atom. The number of nitrogens with two attached hydrogens (primary N) is 1. The van der Waals surface area contributed by atoms with Crippen LogP contribution in [0.25, 0.3) is 22.5 Å². The number of oxazole rings is 1. The van der Waals surface area contributed by atoms with E-state index in [2.05, 4.69) is 4.98 Å². The maximum Gasteiger partial charge on any atom is 0.412 e. The highest BCUT2D eigenvalue weighted by Gasteiger charge is 2.32. The monoisotopic (exact) mass is 533 g/mol. The number of primary amides is 1. The van der Waals surface area contributed by atoms with Gasteiger partial charge >= 0.3 is 12.2 Å². The molecule has 3 aromatic carbocycles. The first kappa shape index (κ1) is 26.4. The summed E-state index contributed by atoms with van der Waals surface area (Å²) >= 11 is 5.99. The number of nitrogens with zero attached hydrogens (tertiary/aromatic N) is 2. The van der Waals surface area contributed by atoms with Crippen LogP contribution in [0.15, 0.2) is 83.4 Å². The largest absolute Gasteiger partial charge is 0.465 e. The fourth-order valence-corrected chi connectivity index (χ4v) is 4.19. The summed E-state index contributed by atoms with van der Waals surface area (Å²) in [5.41, 5.74) is 7.68. The molecule has 0 spiro atoms. The molecular formula is C28H24ClN3O6. The zero-order chi connectivity index (χ0) is 27.1. The highest BCUT2D eigenvalue weighted by molar-refractivity contribution is 6.30. The van der Waals surface area contributed by atoms with Crippen LogP contribution in [-0.4, -0.2) is 35.2 Å². The first-order valence-corrected chi connectivity index (χ1v) is 12.1. The maximum absolute atomic E-state index is 12.7. The van der Waals surface area contributed by atoms with Gasteiger partial charge in [-0.15, -0.1) is 0 Å². The zero-order valence-electron chi connectivity index (χ0n) is 20.1. The molecule has 9 nitrogen and oxygen atoms in total. The van der Waals surface area contributed by atoms with E-state index in [-0.39, 0.29) is 36.6 Å². The van der Waals surface area contributed by atoms with Crippen LogP contribution in [0.4, 0.5) is 15.3 Å². The Labute approximate surface area is 223 Å². The summed E-state index contributed by atoms with van der Waals surface area (Å²) in [6.07, 6.45) is 0.259. The Morgan fingerprint density at radius 1 is 1.05 bits per heavy atom. The number of rotatable bonds is 10. The molecule has 0 bridgehead atoms. The highest BCUT2D eigenvalue weighted by atomic mass is 35.5. The molecule has 0 aliphatic rings. The van der Waals surface area contributed by atoms with E-state index in [9.17, 15) is 19.5 Å². The summed E-state index contributed by atoms with van der Waals surface area (Å²) in [5, 5.41) is 10.9. The predicted molar refractivity (Wildman–Crippen MR) is 142 cm³/mol. The maximum atomic E-state index is 12.7. The summed E-state index contributed by atoms with van der Waals surface area (Å²) in [7, 11) is 0. The van der Waals surface area contributed by atoms with Crippen LogP contribution in [0, 0.1) is 0 Å². The molecule has 2 amide bonds. The van der Waals surface area contributed by atoms with Crippen LogP contribution in [0.5, 0.6) is 0 Å². The van der Waals surface area contributed by atoms with Crippen molar-refractivity contribution in [2.24, 2.45) is 5.73 Å². The smallest absolute Gasteiger partial charge is 0.412 e. The van der Waals surface area contributed by atoms with Gasteiger partial charge in [0.1, 0.15) is 6.04 Å². The van der Waals surface area contributed by atoms with Crippen LogP contribution >= 0.6 is 11.6 Å². The van der Waals surface area contributed by atoms with Crippen molar-refractivity contribution in [2.75, 3.05) is 11.5 Å². The van der Waals surface area contributed by atoms with Gasteiger partial charge in [0.2, 0.25) is 5.89 Å². The van der Waals surface area contributed by atoms with Gasteiger partial charge in [-0.1, -0.05) is 48.0 Å². The first-order valence-electron chi connectivity index (χ1n) is 11.7. The fraction of sp³-hybridized carbons (Fsp3) is 0.143. The van der Waals surface area contributed by atoms with E-state index in [1.165, 1.54) is 6.20 Å². The lowest BCUT2D eigenvalue weighted by Gasteiger charge is -2.28. The van der Waals surface area contributed by atoms with Gasteiger partial charge in [-0.3, -0.25) is 9.69 Å². The molecule has 38 heavy (non-hydrogen) atoms. The Morgan fingerprint density at radius 3 is 2.42 bits per heavy atom. The van der Waals surface area contributed by atoms with Crippen molar-refractivity contribution in [3.8, 4) is 22.5 Å². The van der Waals surface area contributed by atoms with Crippen LogP contribution in [0.3, 0.4) is 0 Å². The SMILES string of the molecule is NC(=O)OCCC[C@@H](c1ncc(-c2ccc(Cl)cc2)o1)N(C(=O)O)c1cc(-c2ccccc2)ccc1C=O. The molecule has 1 aromatic heterocycles. The minimum Gasteiger partial charge on any atom is -0.465 e. The van der Waals surface area contributed by atoms with Gasteiger partial charge in [0.25, 0.3) is 0 Å². The number of carbonyl (C=O) groups excluding carboxylic acids is 2. The van der Waals surface area contributed by atoms with Crippen molar-refractivity contribution >= 4 is 35.8 Å². The van der Waals surface area contributed by atoms with Crippen molar-refractivity contribution in [3.63, 3.8) is 0 Å². The van der Waals surface area contributed by atoms with E-state index in [1.54, 1.807) is 42.5 Å². The third-order valence-corrected chi connectivity index (χ3v) is 6.10. The molecule has 1 atom stereocenters. The molecule has 4 rings (SSSR count). The molecule has 0 unspecified atom stereocenters. The number of amides is 2. The lowest BCUT2D eigenvalue weighted by molar-refractivity contribution is 0.112. The summed E-state index contributed by atoms with van der Waals surface area (Å²) < 4.78 is 10.8. The number of aromatic nitrogens is 1. The molecule has 0 radical (unpaired) electrons. The Bertz CT molecular complexity index is 1420. The topological polar surface area (TPSA) is 136 Å². The van der Waals surface area contributed by atoms with Gasteiger partial charge in [0.05, 0.1) is 18.5 Å². The van der Waals surface area contributed by atoms with Crippen LogP contribution < -0.4 is 10.6 Å². The van der Waals surface area contributed by atoms with Gasteiger partial charge in [0, 0.05) is 16.1 Å². The fourth-order valence-electron chi connectivity index (χ4n) is 4.07. The third kappa shape index (κ3) is 6.19. The molecule has 0 aliphatic heterocycles. The van der Waals surface area contributed by atoms with Gasteiger partial charge in [0.15, 0.2) is 12.0 Å². The normalized spacial score (nSPS) is 11.5. The number of aldehydes is 1. The molecule has 194 valence electrons. The van der Waals surface area contributed by atoms with Gasteiger partial charge in [-0.25, -0.2) is 14.6 Å². The highest BCUT2D eigenvalue weighted by Crippen LogP contribution is 2.36. The first-order chi connectivity index (χ1) is 18.4. The number of carbonyl (C=O) groups is 3. The zero-order valence-corrected chi connectivity index (χ0v) is 20.9. The molecule has 10 heteroatoms. The molecule has 4 aromatic rings. The van der Waals surface area contributed by atoms with Crippen molar-refractivity contribution in [2.45, 2.75) is 18.9 Å². The number of carboxylic acid groups (broad SMARTS) is 1.